The molecule has 3 aliphatic rings. The lowest BCUT2D eigenvalue weighted by atomic mass is 9.88. The van der Waals surface area contributed by atoms with E-state index in [0.717, 1.165) is 56.8 Å². The molecule has 3 fully saturated rings. The third-order valence-corrected chi connectivity index (χ3v) is 6.26. The van der Waals surface area contributed by atoms with E-state index in [2.05, 4.69) is 9.88 Å². The second-order valence-electron chi connectivity index (χ2n) is 7.86. The number of hydrogen-bond acceptors (Lipinski definition) is 4. The Hall–Kier alpha value is -2.11. The highest BCUT2D eigenvalue weighted by Gasteiger charge is 2.37. The molecule has 2 atom stereocenters. The number of nitrogens with zero attached hydrogens (tertiary/aromatic N) is 4. The Kier molecular flexibility index (Phi) is 4.83. The van der Waals surface area contributed by atoms with Crippen LogP contribution in [0, 0.1) is 5.92 Å². The number of piperidine rings is 1. The summed E-state index contributed by atoms with van der Waals surface area (Å²) in [7, 11) is 1.92. The van der Waals surface area contributed by atoms with Crippen molar-refractivity contribution in [2.24, 2.45) is 5.92 Å². The molecule has 1 aromatic heterocycles. The lowest BCUT2D eigenvalue weighted by Gasteiger charge is -2.41. The number of rotatable bonds is 2. The van der Waals surface area contributed by atoms with Crippen LogP contribution in [0.3, 0.4) is 0 Å². The third-order valence-electron chi connectivity index (χ3n) is 6.26. The van der Waals surface area contributed by atoms with Crippen LogP contribution in [0.15, 0.2) is 18.3 Å². The van der Waals surface area contributed by atoms with E-state index in [-0.39, 0.29) is 17.9 Å². The Labute approximate surface area is 155 Å². The average molecular weight is 356 g/mol. The Morgan fingerprint density at radius 1 is 1.15 bits per heavy atom. The van der Waals surface area contributed by atoms with Gasteiger partial charge in [-0.3, -0.25) is 9.59 Å². The monoisotopic (exact) mass is 356 g/mol. The molecular weight excluding hydrogens is 328 g/mol. The summed E-state index contributed by atoms with van der Waals surface area (Å²) in [6.07, 6.45) is 7.62. The van der Waals surface area contributed by atoms with Gasteiger partial charge in [-0.05, 0) is 50.2 Å². The molecule has 0 spiro atoms. The van der Waals surface area contributed by atoms with Crippen LogP contribution in [0.4, 0.5) is 5.82 Å². The van der Waals surface area contributed by atoms with Gasteiger partial charge in [-0.25, -0.2) is 4.98 Å². The van der Waals surface area contributed by atoms with Crippen LogP contribution in [0.1, 0.15) is 48.9 Å². The van der Waals surface area contributed by atoms with Crippen molar-refractivity contribution in [1.82, 2.24) is 14.8 Å². The first kappa shape index (κ1) is 17.3. The van der Waals surface area contributed by atoms with Crippen molar-refractivity contribution in [3.63, 3.8) is 0 Å². The first-order valence-corrected chi connectivity index (χ1v) is 9.89. The van der Waals surface area contributed by atoms with Gasteiger partial charge in [-0.2, -0.15) is 0 Å². The molecule has 0 saturated carbocycles. The molecule has 0 unspecified atom stereocenters. The van der Waals surface area contributed by atoms with E-state index in [4.69, 9.17) is 0 Å². The minimum Gasteiger partial charge on any atom is -0.357 e. The molecule has 6 nitrogen and oxygen atoms in total. The van der Waals surface area contributed by atoms with Crippen molar-refractivity contribution in [2.45, 2.75) is 44.6 Å². The molecule has 1 aromatic rings. The smallest absolute Gasteiger partial charge is 0.254 e. The molecule has 140 valence electrons. The lowest BCUT2D eigenvalue weighted by Crippen LogP contribution is -2.51. The molecule has 0 bridgehead atoms. The zero-order valence-electron chi connectivity index (χ0n) is 15.6. The highest BCUT2D eigenvalue weighted by molar-refractivity contribution is 5.95. The Bertz CT molecular complexity index is 686. The molecule has 2 amide bonds. The maximum absolute atomic E-state index is 13.1. The van der Waals surface area contributed by atoms with Crippen LogP contribution in [-0.4, -0.2) is 65.9 Å². The van der Waals surface area contributed by atoms with Crippen molar-refractivity contribution < 1.29 is 9.59 Å². The molecule has 26 heavy (non-hydrogen) atoms. The fourth-order valence-corrected chi connectivity index (χ4v) is 4.73. The van der Waals surface area contributed by atoms with E-state index in [1.165, 1.54) is 12.8 Å². The average Bonchev–Trinajstić information content (AvgIpc) is 3.17. The lowest BCUT2D eigenvalue weighted by molar-refractivity contribution is -0.132. The van der Waals surface area contributed by atoms with Crippen LogP contribution in [0.25, 0.3) is 0 Å². The fraction of sp³-hybridized carbons (Fsp3) is 0.650. The number of carbonyl (C=O) groups excluding carboxylic acids is 2. The Morgan fingerprint density at radius 3 is 2.77 bits per heavy atom. The Morgan fingerprint density at radius 2 is 1.96 bits per heavy atom. The van der Waals surface area contributed by atoms with Gasteiger partial charge in [0.05, 0.1) is 0 Å². The number of hydrogen-bond donors (Lipinski definition) is 0. The molecule has 4 heterocycles. The summed E-state index contributed by atoms with van der Waals surface area (Å²) in [6.45, 7) is 3.53. The summed E-state index contributed by atoms with van der Waals surface area (Å²) < 4.78 is 0. The van der Waals surface area contributed by atoms with Gasteiger partial charge < -0.3 is 14.7 Å². The van der Waals surface area contributed by atoms with Gasteiger partial charge in [0.1, 0.15) is 5.82 Å². The minimum atomic E-state index is 0.101. The maximum atomic E-state index is 13.1. The van der Waals surface area contributed by atoms with E-state index in [9.17, 15) is 9.59 Å². The molecule has 3 aliphatic heterocycles. The van der Waals surface area contributed by atoms with Crippen LogP contribution in [0.2, 0.25) is 0 Å². The molecule has 0 aromatic carbocycles. The van der Waals surface area contributed by atoms with Crippen LogP contribution < -0.4 is 4.90 Å². The summed E-state index contributed by atoms with van der Waals surface area (Å²) >= 11 is 0. The van der Waals surface area contributed by atoms with Crippen molar-refractivity contribution in [3.05, 3.63) is 23.9 Å². The van der Waals surface area contributed by atoms with Crippen LogP contribution in [0.5, 0.6) is 0 Å². The van der Waals surface area contributed by atoms with E-state index in [0.29, 0.717) is 12.3 Å². The first-order chi connectivity index (χ1) is 12.6. The predicted molar refractivity (Wildman–Crippen MR) is 100 cm³/mol. The Balaban J connectivity index is 1.47. The summed E-state index contributed by atoms with van der Waals surface area (Å²) in [4.78, 5) is 35.8. The standard InChI is InChI=1S/C20H28N4O2/c1-22-17-8-12-24(14-16(17)5-4-6-19(22)25)20(26)15-7-9-21-18(13-15)23-10-2-3-11-23/h7,9,13,16-17H,2-6,8,10-12,14H2,1H3/t16-,17+/m0/s1. The second-order valence-corrected chi connectivity index (χ2v) is 7.86. The van der Waals surface area contributed by atoms with Crippen molar-refractivity contribution in [2.75, 3.05) is 38.1 Å². The topological polar surface area (TPSA) is 56.8 Å². The van der Waals surface area contributed by atoms with Gasteiger partial charge in [0.25, 0.3) is 5.91 Å². The predicted octanol–water partition coefficient (Wildman–Crippen LogP) is 2.15. The van der Waals surface area contributed by atoms with Gasteiger partial charge in [-0.1, -0.05) is 0 Å². The van der Waals surface area contributed by atoms with Crippen LogP contribution >= 0.6 is 0 Å². The molecule has 0 aliphatic carbocycles. The zero-order valence-corrected chi connectivity index (χ0v) is 15.6. The second kappa shape index (κ2) is 7.25. The van der Waals surface area contributed by atoms with Gasteiger partial charge in [-0.15, -0.1) is 0 Å². The number of anilines is 1. The molecular formula is C20H28N4O2. The number of pyridine rings is 1. The van der Waals surface area contributed by atoms with E-state index in [1.54, 1.807) is 6.20 Å². The zero-order chi connectivity index (χ0) is 18.1. The number of likely N-dealkylation sites (tertiary alicyclic amines) is 2. The van der Waals surface area contributed by atoms with Crippen molar-refractivity contribution >= 4 is 17.6 Å². The number of fused-ring (bicyclic) bond motifs is 1. The minimum absolute atomic E-state index is 0.101. The van der Waals surface area contributed by atoms with E-state index >= 15 is 0 Å². The largest absolute Gasteiger partial charge is 0.357 e. The van der Waals surface area contributed by atoms with Crippen molar-refractivity contribution in [3.8, 4) is 0 Å². The summed E-state index contributed by atoms with van der Waals surface area (Å²) in [5.41, 5.74) is 0.735. The van der Waals surface area contributed by atoms with Crippen molar-refractivity contribution in [1.29, 1.82) is 0 Å². The highest BCUT2D eigenvalue weighted by Crippen LogP contribution is 2.30. The van der Waals surface area contributed by atoms with Gasteiger partial charge in [0.15, 0.2) is 0 Å². The normalized spacial score (nSPS) is 26.7. The fourth-order valence-electron chi connectivity index (χ4n) is 4.73. The maximum Gasteiger partial charge on any atom is 0.254 e. The van der Waals surface area contributed by atoms with E-state index in [1.807, 2.05) is 29.0 Å². The first-order valence-electron chi connectivity index (χ1n) is 9.89. The summed E-state index contributed by atoms with van der Waals surface area (Å²) in [6, 6.07) is 4.06. The molecule has 0 N–H and O–H groups in total. The molecule has 0 radical (unpaired) electrons. The third kappa shape index (κ3) is 3.29. The highest BCUT2D eigenvalue weighted by atomic mass is 16.2. The molecule has 4 rings (SSSR count). The quantitative estimate of drug-likeness (QED) is 0.815. The van der Waals surface area contributed by atoms with Gasteiger partial charge >= 0.3 is 0 Å². The van der Waals surface area contributed by atoms with Gasteiger partial charge in [0.2, 0.25) is 5.91 Å². The number of carbonyl (C=O) groups is 2. The van der Waals surface area contributed by atoms with E-state index < -0.39 is 0 Å². The molecule has 6 heteroatoms. The number of aromatic nitrogens is 1. The number of amides is 2. The summed E-state index contributed by atoms with van der Waals surface area (Å²) in [5, 5.41) is 0. The molecule has 3 saturated heterocycles. The summed E-state index contributed by atoms with van der Waals surface area (Å²) in [5.74, 6) is 1.67. The van der Waals surface area contributed by atoms with Gasteiger partial charge in [0, 0.05) is 57.4 Å². The SMILES string of the molecule is CN1C(=O)CCC[C@H]2CN(C(=O)c3ccnc(N4CCCC4)c3)CC[C@H]21. The van der Waals surface area contributed by atoms with Crippen LogP contribution in [-0.2, 0) is 4.79 Å².